The third-order valence-corrected chi connectivity index (χ3v) is 5.04. The first-order chi connectivity index (χ1) is 11.5. The van der Waals surface area contributed by atoms with Crippen LogP contribution in [0.2, 0.25) is 0 Å². The molecule has 0 aliphatic carbocycles. The van der Waals surface area contributed by atoms with E-state index < -0.39 is 22.5 Å². The number of carbonyl (C=O) groups excluding carboxylic acids is 1. The Morgan fingerprint density at radius 1 is 1.04 bits per heavy atom. The summed E-state index contributed by atoms with van der Waals surface area (Å²) < 4.78 is 37.2. The minimum absolute atomic E-state index is 0.0835. The van der Waals surface area contributed by atoms with Gasteiger partial charge in [0.1, 0.15) is 12.3 Å². The molecule has 0 amide bonds. The maximum atomic E-state index is 13.0. The summed E-state index contributed by atoms with van der Waals surface area (Å²) in [7, 11) is -2.51. The van der Waals surface area contributed by atoms with Crippen molar-refractivity contribution in [3.05, 3.63) is 54.6 Å². The summed E-state index contributed by atoms with van der Waals surface area (Å²) in [5, 5.41) is 0. The van der Waals surface area contributed by atoms with Crippen molar-refractivity contribution in [3.8, 4) is 5.75 Å². The van der Waals surface area contributed by atoms with E-state index in [0.29, 0.717) is 5.75 Å². The summed E-state index contributed by atoms with van der Waals surface area (Å²) >= 11 is 0. The SMILES string of the molecule is CCOC(=O)CN(c1ccccc1OC)S(=O)(=O)c1ccccc1. The molecule has 0 bridgehead atoms. The summed E-state index contributed by atoms with van der Waals surface area (Å²) in [5.74, 6) is -0.288. The van der Waals surface area contributed by atoms with Crippen molar-refractivity contribution in [2.75, 3.05) is 24.6 Å². The molecule has 0 radical (unpaired) electrons. The number of benzene rings is 2. The monoisotopic (exact) mass is 349 g/mol. The fourth-order valence-corrected chi connectivity index (χ4v) is 3.62. The molecule has 2 aromatic rings. The number of rotatable bonds is 7. The molecule has 128 valence electrons. The Hall–Kier alpha value is -2.54. The quantitative estimate of drug-likeness (QED) is 0.718. The van der Waals surface area contributed by atoms with E-state index in [2.05, 4.69) is 0 Å². The molecule has 0 aliphatic heterocycles. The van der Waals surface area contributed by atoms with E-state index in [-0.39, 0.29) is 17.2 Å². The summed E-state index contributed by atoms with van der Waals surface area (Å²) in [6.45, 7) is 1.40. The van der Waals surface area contributed by atoms with Crippen molar-refractivity contribution in [1.82, 2.24) is 0 Å². The minimum Gasteiger partial charge on any atom is -0.495 e. The summed E-state index contributed by atoms with van der Waals surface area (Å²) in [4.78, 5) is 12.0. The highest BCUT2D eigenvalue weighted by Crippen LogP contribution is 2.32. The molecule has 0 N–H and O–H groups in total. The molecule has 0 spiro atoms. The van der Waals surface area contributed by atoms with Crippen LogP contribution in [0.15, 0.2) is 59.5 Å². The molecule has 0 aliphatic rings. The maximum Gasteiger partial charge on any atom is 0.326 e. The highest BCUT2D eigenvalue weighted by atomic mass is 32.2. The van der Waals surface area contributed by atoms with Crippen molar-refractivity contribution >= 4 is 21.7 Å². The molecule has 2 aromatic carbocycles. The average Bonchev–Trinajstić information content (AvgIpc) is 2.60. The predicted molar refractivity (Wildman–Crippen MR) is 90.6 cm³/mol. The second kappa shape index (κ2) is 7.83. The van der Waals surface area contributed by atoms with E-state index >= 15 is 0 Å². The normalized spacial score (nSPS) is 10.9. The lowest BCUT2D eigenvalue weighted by atomic mass is 10.3. The van der Waals surface area contributed by atoms with Gasteiger partial charge in [-0.1, -0.05) is 30.3 Å². The molecule has 0 saturated carbocycles. The van der Waals surface area contributed by atoms with Gasteiger partial charge in [0.15, 0.2) is 0 Å². The highest BCUT2D eigenvalue weighted by molar-refractivity contribution is 7.92. The van der Waals surface area contributed by atoms with Crippen molar-refractivity contribution in [2.24, 2.45) is 0 Å². The van der Waals surface area contributed by atoms with Gasteiger partial charge in [-0.25, -0.2) is 8.42 Å². The molecule has 0 fully saturated rings. The van der Waals surface area contributed by atoms with Crippen molar-refractivity contribution in [1.29, 1.82) is 0 Å². The molecule has 0 saturated heterocycles. The Morgan fingerprint density at radius 3 is 2.29 bits per heavy atom. The van der Waals surface area contributed by atoms with Crippen LogP contribution >= 0.6 is 0 Å². The molecule has 2 rings (SSSR count). The number of hydrogen-bond acceptors (Lipinski definition) is 5. The zero-order valence-corrected chi connectivity index (χ0v) is 14.3. The predicted octanol–water partition coefficient (Wildman–Crippen LogP) is 2.45. The first kappa shape index (κ1) is 17.8. The molecule has 0 heterocycles. The molecule has 7 heteroatoms. The Morgan fingerprint density at radius 2 is 1.67 bits per heavy atom. The summed E-state index contributed by atoms with van der Waals surface area (Å²) in [6, 6.07) is 14.5. The largest absolute Gasteiger partial charge is 0.495 e. The topological polar surface area (TPSA) is 72.9 Å². The third kappa shape index (κ3) is 3.86. The molecule has 6 nitrogen and oxygen atoms in total. The Bertz CT molecular complexity index is 790. The molecule has 0 atom stereocenters. The standard InChI is InChI=1S/C17H19NO5S/c1-3-23-17(19)13-18(15-11-7-8-12-16(15)22-2)24(20,21)14-9-5-4-6-10-14/h4-12H,3,13H2,1-2H3. The zero-order valence-electron chi connectivity index (χ0n) is 13.5. The van der Waals surface area contributed by atoms with Gasteiger partial charge in [-0.3, -0.25) is 9.10 Å². The molecule has 0 aromatic heterocycles. The first-order valence-corrected chi connectivity index (χ1v) is 8.81. The van der Waals surface area contributed by atoms with Crippen LogP contribution in [0.25, 0.3) is 0 Å². The molecule has 24 heavy (non-hydrogen) atoms. The number of methoxy groups -OCH3 is 1. The average molecular weight is 349 g/mol. The van der Waals surface area contributed by atoms with Crippen molar-refractivity contribution in [2.45, 2.75) is 11.8 Å². The van der Waals surface area contributed by atoms with Gasteiger partial charge in [0.05, 0.1) is 24.3 Å². The fraction of sp³-hybridized carbons (Fsp3) is 0.235. The molecular formula is C17H19NO5S. The van der Waals surface area contributed by atoms with Crippen LogP contribution in [0.5, 0.6) is 5.75 Å². The van der Waals surface area contributed by atoms with Crippen molar-refractivity contribution in [3.63, 3.8) is 0 Å². The Kier molecular flexibility index (Phi) is 5.81. The zero-order chi connectivity index (χ0) is 17.6. The van der Waals surface area contributed by atoms with Crippen LogP contribution in [0, 0.1) is 0 Å². The van der Waals surface area contributed by atoms with Crippen LogP contribution in [-0.2, 0) is 19.6 Å². The van der Waals surface area contributed by atoms with E-state index in [1.165, 1.54) is 19.2 Å². The van der Waals surface area contributed by atoms with Gasteiger partial charge < -0.3 is 9.47 Å². The number of hydrogen-bond donors (Lipinski definition) is 0. The van der Waals surface area contributed by atoms with Gasteiger partial charge in [0.25, 0.3) is 10.0 Å². The van der Waals surface area contributed by atoms with Crippen LogP contribution in [0.4, 0.5) is 5.69 Å². The summed E-state index contributed by atoms with van der Waals surface area (Å²) in [6.07, 6.45) is 0. The molecular weight excluding hydrogens is 330 g/mol. The van der Waals surface area contributed by atoms with Crippen LogP contribution in [-0.4, -0.2) is 34.6 Å². The number of carbonyl (C=O) groups is 1. The number of anilines is 1. The number of ether oxygens (including phenoxy) is 2. The van der Waals surface area contributed by atoms with E-state index in [9.17, 15) is 13.2 Å². The summed E-state index contributed by atoms with van der Waals surface area (Å²) in [5.41, 5.74) is 0.275. The van der Waals surface area contributed by atoms with Gasteiger partial charge >= 0.3 is 5.97 Å². The number of nitrogens with zero attached hydrogens (tertiary/aromatic N) is 1. The second-order valence-corrected chi connectivity index (χ2v) is 6.66. The lowest BCUT2D eigenvalue weighted by molar-refractivity contribution is -0.141. The minimum atomic E-state index is -3.95. The lowest BCUT2D eigenvalue weighted by Crippen LogP contribution is -2.36. The van der Waals surface area contributed by atoms with E-state index in [1.54, 1.807) is 49.4 Å². The smallest absolute Gasteiger partial charge is 0.326 e. The number of sulfonamides is 1. The number of para-hydroxylation sites is 2. The number of esters is 1. The maximum absolute atomic E-state index is 13.0. The van der Waals surface area contributed by atoms with Gasteiger partial charge in [-0.05, 0) is 31.2 Å². The first-order valence-electron chi connectivity index (χ1n) is 7.37. The molecule has 0 unspecified atom stereocenters. The third-order valence-electron chi connectivity index (χ3n) is 3.26. The van der Waals surface area contributed by atoms with Gasteiger partial charge in [-0.15, -0.1) is 0 Å². The van der Waals surface area contributed by atoms with Crippen LogP contribution in [0.1, 0.15) is 6.92 Å². The van der Waals surface area contributed by atoms with Crippen LogP contribution < -0.4 is 9.04 Å². The fourth-order valence-electron chi connectivity index (χ4n) is 2.18. The van der Waals surface area contributed by atoms with E-state index in [4.69, 9.17) is 9.47 Å². The Labute approximate surface area is 141 Å². The van der Waals surface area contributed by atoms with E-state index in [1.807, 2.05) is 0 Å². The Balaban J connectivity index is 2.53. The van der Waals surface area contributed by atoms with Gasteiger partial charge in [-0.2, -0.15) is 0 Å². The van der Waals surface area contributed by atoms with Crippen molar-refractivity contribution < 1.29 is 22.7 Å². The van der Waals surface area contributed by atoms with Gasteiger partial charge in [0.2, 0.25) is 0 Å². The van der Waals surface area contributed by atoms with Gasteiger partial charge in [0, 0.05) is 0 Å². The van der Waals surface area contributed by atoms with Crippen LogP contribution in [0.3, 0.4) is 0 Å². The lowest BCUT2D eigenvalue weighted by Gasteiger charge is -2.25. The highest BCUT2D eigenvalue weighted by Gasteiger charge is 2.29. The second-order valence-electron chi connectivity index (χ2n) is 4.80. The van der Waals surface area contributed by atoms with E-state index in [0.717, 1.165) is 4.31 Å².